The Morgan fingerprint density at radius 3 is 1.67 bits per heavy atom. The number of hydrogen-bond donors (Lipinski definition) is 0. The van der Waals surface area contributed by atoms with E-state index in [0.717, 1.165) is 21.0 Å². The lowest BCUT2D eigenvalue weighted by Gasteiger charge is -2.11. The fourth-order valence-corrected chi connectivity index (χ4v) is 9.40. The average molecular weight is 197 g/mol. The highest BCUT2D eigenvalue weighted by Crippen LogP contribution is 1.97. The normalized spacial score (nSPS) is 18.0. The molecule has 0 spiro atoms. The highest BCUT2D eigenvalue weighted by atomic mass is 28.4. The third-order valence-corrected chi connectivity index (χ3v) is 13.2. The molecule has 0 fully saturated rings. The molecule has 2 atom stereocenters. The van der Waals surface area contributed by atoms with Crippen molar-refractivity contribution in [1.29, 1.82) is 0 Å². The summed E-state index contributed by atoms with van der Waals surface area (Å²) in [5.41, 5.74) is 1.31. The molecule has 2 unspecified atom stereocenters. The van der Waals surface area contributed by atoms with E-state index in [9.17, 15) is 0 Å². The molecule has 0 aromatic heterocycles. The first-order valence-corrected chi connectivity index (χ1v) is 9.78. The van der Waals surface area contributed by atoms with Gasteiger partial charge in [0.15, 0.2) is 18.1 Å². The lowest BCUT2D eigenvalue weighted by atomic mass is 11.8. The van der Waals surface area contributed by atoms with Crippen molar-refractivity contribution in [2.45, 2.75) is 18.8 Å². The first kappa shape index (κ1) is 9.79. The molecule has 0 aliphatic carbocycles. The highest BCUT2D eigenvalue weighted by Gasteiger charge is 2.08. The molecule has 56 valence electrons. The predicted octanol–water partition coefficient (Wildman–Crippen LogP) is -2.17. The van der Waals surface area contributed by atoms with E-state index in [1.54, 1.807) is 0 Å². The van der Waals surface area contributed by atoms with Crippen LogP contribution in [0.2, 0.25) is 18.8 Å². The fourth-order valence-electron chi connectivity index (χ4n) is 0.660. The molecule has 0 aromatic rings. The second-order valence-corrected chi connectivity index (χ2v) is 11.2. The van der Waals surface area contributed by atoms with E-state index in [-0.39, 0.29) is 0 Å². The van der Waals surface area contributed by atoms with Crippen LogP contribution >= 0.6 is 0 Å². The molecule has 2 nitrogen and oxygen atoms in total. The molecule has 0 aliphatic rings. The SMILES string of the molecule is C[SiH](C[SiH](C)O[SiH3])O[SiH3]. The zero-order valence-electron chi connectivity index (χ0n) is 6.68. The third kappa shape index (κ3) is 5.24. The summed E-state index contributed by atoms with van der Waals surface area (Å²) in [7, 11) is 0.369. The smallest absolute Gasteiger partial charge is 0.158 e. The number of rotatable bonds is 4. The summed E-state index contributed by atoms with van der Waals surface area (Å²) in [6, 6.07) is 0. The van der Waals surface area contributed by atoms with Gasteiger partial charge in [0, 0.05) is 0 Å². The molecule has 0 bridgehead atoms. The van der Waals surface area contributed by atoms with Crippen LogP contribution in [-0.2, 0) is 8.23 Å². The summed E-state index contributed by atoms with van der Waals surface area (Å²) in [5.74, 6) is 0. The molecule has 0 saturated heterocycles. The van der Waals surface area contributed by atoms with Gasteiger partial charge in [0.05, 0.1) is 0 Å². The van der Waals surface area contributed by atoms with E-state index in [1.807, 2.05) is 0 Å². The number of hydrogen-bond acceptors (Lipinski definition) is 2. The summed E-state index contributed by atoms with van der Waals surface area (Å²) in [4.78, 5) is 0. The maximum atomic E-state index is 5.37. The Morgan fingerprint density at radius 2 is 1.44 bits per heavy atom. The molecular weight excluding hydrogens is 180 g/mol. The van der Waals surface area contributed by atoms with E-state index in [0.29, 0.717) is 0 Å². The van der Waals surface area contributed by atoms with Crippen molar-refractivity contribution < 1.29 is 8.23 Å². The third-order valence-electron chi connectivity index (χ3n) is 1.47. The Balaban J connectivity index is 3.22. The van der Waals surface area contributed by atoms with Crippen LogP contribution < -0.4 is 0 Å². The van der Waals surface area contributed by atoms with Crippen LogP contribution in [-0.4, -0.2) is 39.1 Å². The lowest BCUT2D eigenvalue weighted by molar-refractivity contribution is 0.620. The van der Waals surface area contributed by atoms with Crippen LogP contribution in [0, 0.1) is 0 Å². The van der Waals surface area contributed by atoms with Gasteiger partial charge in [0.1, 0.15) is 21.0 Å². The van der Waals surface area contributed by atoms with Crippen LogP contribution in [0.15, 0.2) is 0 Å². The van der Waals surface area contributed by atoms with E-state index in [2.05, 4.69) is 13.1 Å². The van der Waals surface area contributed by atoms with Crippen molar-refractivity contribution in [2.24, 2.45) is 0 Å². The van der Waals surface area contributed by atoms with Gasteiger partial charge in [0.25, 0.3) is 0 Å². The summed E-state index contributed by atoms with van der Waals surface area (Å²) < 4.78 is 10.7. The van der Waals surface area contributed by atoms with Gasteiger partial charge >= 0.3 is 0 Å². The van der Waals surface area contributed by atoms with E-state index in [1.165, 1.54) is 5.67 Å². The zero-order valence-corrected chi connectivity index (χ0v) is 13.0. The van der Waals surface area contributed by atoms with Gasteiger partial charge in [-0.3, -0.25) is 0 Å². The van der Waals surface area contributed by atoms with Gasteiger partial charge in [0.2, 0.25) is 0 Å². The molecule has 0 radical (unpaired) electrons. The summed E-state index contributed by atoms with van der Waals surface area (Å²) >= 11 is 0. The summed E-state index contributed by atoms with van der Waals surface area (Å²) in [6.07, 6.45) is 0. The van der Waals surface area contributed by atoms with Crippen molar-refractivity contribution in [2.75, 3.05) is 0 Å². The van der Waals surface area contributed by atoms with Gasteiger partial charge in [-0.1, -0.05) is 0 Å². The van der Waals surface area contributed by atoms with Crippen LogP contribution in [0.4, 0.5) is 0 Å². The summed E-state index contributed by atoms with van der Waals surface area (Å²) in [6.45, 7) is 4.52. The molecular formula is C3H16O2Si4. The molecule has 0 aromatic carbocycles. The van der Waals surface area contributed by atoms with E-state index in [4.69, 9.17) is 8.23 Å². The van der Waals surface area contributed by atoms with Crippen LogP contribution in [0.3, 0.4) is 0 Å². The Kier molecular flexibility index (Phi) is 6.05. The largest absolute Gasteiger partial charge is 0.466 e. The van der Waals surface area contributed by atoms with Crippen molar-refractivity contribution in [3.05, 3.63) is 0 Å². The quantitative estimate of drug-likeness (QED) is 0.477. The molecule has 6 heteroatoms. The van der Waals surface area contributed by atoms with E-state index >= 15 is 0 Å². The zero-order chi connectivity index (χ0) is 7.28. The monoisotopic (exact) mass is 196 g/mol. The standard InChI is InChI=1S/C3H16O2Si4/c1-8(4-6)3-9(2)5-7/h8-9H,3H2,1-2,6-7H3. The molecule has 0 heterocycles. The van der Waals surface area contributed by atoms with Crippen LogP contribution in [0.25, 0.3) is 0 Å². The topological polar surface area (TPSA) is 18.5 Å². The minimum atomic E-state index is -0.736. The Morgan fingerprint density at radius 1 is 1.11 bits per heavy atom. The molecule has 0 N–H and O–H groups in total. The van der Waals surface area contributed by atoms with Crippen LogP contribution in [0.5, 0.6) is 0 Å². The van der Waals surface area contributed by atoms with E-state index < -0.39 is 18.1 Å². The molecule has 9 heavy (non-hydrogen) atoms. The minimum Gasteiger partial charge on any atom is -0.466 e. The minimum absolute atomic E-state index is 0.736. The van der Waals surface area contributed by atoms with Crippen molar-refractivity contribution in [1.82, 2.24) is 0 Å². The molecule has 0 saturated carbocycles. The maximum absolute atomic E-state index is 5.37. The molecule has 0 amide bonds. The first-order chi connectivity index (χ1) is 4.20. The second kappa shape index (κ2) is 5.56. The van der Waals surface area contributed by atoms with Crippen molar-refractivity contribution in [3.8, 4) is 0 Å². The van der Waals surface area contributed by atoms with Crippen molar-refractivity contribution >= 4 is 39.1 Å². The van der Waals surface area contributed by atoms with Crippen LogP contribution in [0.1, 0.15) is 0 Å². The lowest BCUT2D eigenvalue weighted by Crippen LogP contribution is -2.23. The predicted molar refractivity (Wildman–Crippen MR) is 52.9 cm³/mol. The fraction of sp³-hybridized carbons (Fsp3) is 1.00. The van der Waals surface area contributed by atoms with Crippen molar-refractivity contribution in [3.63, 3.8) is 0 Å². The Bertz CT molecular complexity index is 62.8. The van der Waals surface area contributed by atoms with Gasteiger partial charge in [-0.25, -0.2) is 0 Å². The van der Waals surface area contributed by atoms with Gasteiger partial charge < -0.3 is 8.23 Å². The second-order valence-electron chi connectivity index (χ2n) is 2.33. The van der Waals surface area contributed by atoms with Gasteiger partial charge in [-0.15, -0.1) is 0 Å². The maximum Gasteiger partial charge on any atom is 0.158 e. The Hall–Kier alpha value is 0.788. The molecule has 0 rings (SSSR count). The molecule has 0 aliphatic heterocycles. The first-order valence-electron chi connectivity index (χ1n) is 3.26. The highest BCUT2D eigenvalue weighted by molar-refractivity contribution is 6.72. The Labute approximate surface area is 66.5 Å². The van der Waals surface area contributed by atoms with Gasteiger partial charge in [-0.05, 0) is 18.8 Å². The summed E-state index contributed by atoms with van der Waals surface area (Å²) in [5, 5.41) is 0. The van der Waals surface area contributed by atoms with Gasteiger partial charge in [-0.2, -0.15) is 0 Å². The average Bonchev–Trinajstić information content (AvgIpc) is 1.87.